The van der Waals surface area contributed by atoms with Crippen LogP contribution in [0.25, 0.3) is 0 Å². The fourth-order valence-corrected chi connectivity index (χ4v) is 3.12. The number of methoxy groups -OCH3 is 1. The Balaban J connectivity index is 1.96. The molecule has 1 atom stereocenters. The molecule has 25 heavy (non-hydrogen) atoms. The third-order valence-electron chi connectivity index (χ3n) is 4.29. The van der Waals surface area contributed by atoms with Gasteiger partial charge >= 0.3 is 5.97 Å². The Morgan fingerprint density at radius 3 is 2.72 bits per heavy atom. The van der Waals surface area contributed by atoms with Gasteiger partial charge in [0, 0.05) is 5.69 Å². The van der Waals surface area contributed by atoms with E-state index in [-0.39, 0.29) is 5.91 Å². The number of rotatable bonds is 3. The summed E-state index contributed by atoms with van der Waals surface area (Å²) in [6.45, 7) is 6.37. The molecule has 1 aliphatic rings. The van der Waals surface area contributed by atoms with Crippen molar-refractivity contribution in [3.63, 3.8) is 0 Å². The fourth-order valence-electron chi connectivity index (χ4n) is 3.12. The zero-order chi connectivity index (χ0) is 18.1. The summed E-state index contributed by atoms with van der Waals surface area (Å²) in [6, 6.07) is 6.59. The van der Waals surface area contributed by atoms with Gasteiger partial charge in [-0.15, -0.1) is 0 Å². The van der Waals surface area contributed by atoms with Crippen molar-refractivity contribution in [3.05, 3.63) is 41.2 Å². The minimum absolute atomic E-state index is 0.0993. The van der Waals surface area contributed by atoms with Gasteiger partial charge in [0.15, 0.2) is 5.75 Å². The second-order valence-corrected chi connectivity index (χ2v) is 6.03. The Morgan fingerprint density at radius 2 is 2.08 bits per heavy atom. The van der Waals surface area contributed by atoms with Crippen LogP contribution in [0, 0.1) is 13.8 Å². The van der Waals surface area contributed by atoms with E-state index < -0.39 is 12.0 Å². The maximum absolute atomic E-state index is 13.1. The largest absolute Gasteiger partial charge is 0.489 e. The van der Waals surface area contributed by atoms with Crippen LogP contribution in [0.1, 0.15) is 34.7 Å². The lowest BCUT2D eigenvalue weighted by atomic mass is 10.1. The number of ether oxygens (including phenoxy) is 2. The summed E-state index contributed by atoms with van der Waals surface area (Å²) in [6.07, 6.45) is 0. The average molecular weight is 343 g/mol. The number of amides is 1. The van der Waals surface area contributed by atoms with E-state index >= 15 is 0 Å². The molecule has 0 aliphatic carbocycles. The summed E-state index contributed by atoms with van der Waals surface area (Å²) in [5.41, 5.74) is 2.69. The number of esters is 1. The van der Waals surface area contributed by atoms with Gasteiger partial charge in [-0.3, -0.25) is 9.48 Å². The predicted molar refractivity (Wildman–Crippen MR) is 92.0 cm³/mol. The molecular formula is C18H21N3O4. The van der Waals surface area contributed by atoms with Crippen molar-refractivity contribution < 1.29 is 19.1 Å². The molecule has 0 fully saturated rings. The number of aromatic nitrogens is 2. The quantitative estimate of drug-likeness (QED) is 0.800. The third kappa shape index (κ3) is 2.97. The van der Waals surface area contributed by atoms with E-state index in [0.717, 1.165) is 11.4 Å². The van der Waals surface area contributed by atoms with Crippen molar-refractivity contribution in [1.29, 1.82) is 0 Å². The number of nitrogens with zero attached hydrogens (tertiary/aromatic N) is 3. The second kappa shape index (κ2) is 6.58. The Hall–Kier alpha value is -2.83. The first-order valence-corrected chi connectivity index (χ1v) is 8.12. The number of fused-ring (bicyclic) bond motifs is 1. The van der Waals surface area contributed by atoms with E-state index in [4.69, 9.17) is 9.47 Å². The van der Waals surface area contributed by atoms with Crippen molar-refractivity contribution >= 4 is 17.6 Å². The van der Waals surface area contributed by atoms with Crippen LogP contribution < -0.4 is 9.64 Å². The van der Waals surface area contributed by atoms with Crippen LogP contribution in [0.3, 0.4) is 0 Å². The second-order valence-electron chi connectivity index (χ2n) is 6.03. The number of benzene rings is 1. The Kier molecular flexibility index (Phi) is 4.48. The molecule has 1 aliphatic heterocycles. The summed E-state index contributed by atoms with van der Waals surface area (Å²) < 4.78 is 12.2. The molecular weight excluding hydrogens is 322 g/mol. The molecule has 7 heteroatoms. The molecule has 0 unspecified atom stereocenters. The van der Waals surface area contributed by atoms with Gasteiger partial charge in [0.05, 0.1) is 25.0 Å². The van der Waals surface area contributed by atoms with Gasteiger partial charge in [0.25, 0.3) is 5.91 Å². The summed E-state index contributed by atoms with van der Waals surface area (Å²) in [5, 5.41) is 4.40. The van der Waals surface area contributed by atoms with Gasteiger partial charge < -0.3 is 14.4 Å². The molecule has 0 N–H and O–H groups in total. The molecule has 1 aromatic carbocycles. The predicted octanol–water partition coefficient (Wildman–Crippen LogP) is 2.27. The molecule has 0 bridgehead atoms. The highest BCUT2D eigenvalue weighted by atomic mass is 16.5. The summed E-state index contributed by atoms with van der Waals surface area (Å²) >= 11 is 0. The zero-order valence-electron chi connectivity index (χ0n) is 14.8. The van der Waals surface area contributed by atoms with Crippen LogP contribution in [0.2, 0.25) is 0 Å². The molecule has 7 nitrogen and oxygen atoms in total. The number of aryl methyl sites for hydroxylation is 2. The van der Waals surface area contributed by atoms with E-state index in [1.165, 1.54) is 7.11 Å². The van der Waals surface area contributed by atoms with E-state index in [2.05, 4.69) is 5.10 Å². The lowest BCUT2D eigenvalue weighted by Gasteiger charge is -2.32. The van der Waals surface area contributed by atoms with Crippen LogP contribution in [0.15, 0.2) is 24.3 Å². The number of hydrogen-bond acceptors (Lipinski definition) is 5. The number of hydrogen-bond donors (Lipinski definition) is 0. The standard InChI is InChI=1S/C18H21N3O4/c1-11-10-12(2)21(19-11)13(3)17(22)20-8-9-25-16-14(18(23)24-4)6-5-7-15(16)20/h5-7,10,13H,8-9H2,1-4H3/t13-/m0/s1. The average Bonchev–Trinajstić information content (AvgIpc) is 2.96. The first-order chi connectivity index (χ1) is 11.9. The van der Waals surface area contributed by atoms with Crippen LogP contribution in [0.5, 0.6) is 5.75 Å². The number of anilines is 1. The topological polar surface area (TPSA) is 73.7 Å². The third-order valence-corrected chi connectivity index (χ3v) is 4.29. The highest BCUT2D eigenvalue weighted by Gasteiger charge is 2.31. The maximum atomic E-state index is 13.1. The van der Waals surface area contributed by atoms with Gasteiger partial charge in [-0.2, -0.15) is 5.10 Å². The highest BCUT2D eigenvalue weighted by Crippen LogP contribution is 2.36. The highest BCUT2D eigenvalue weighted by molar-refractivity contribution is 6.01. The zero-order valence-corrected chi connectivity index (χ0v) is 14.8. The van der Waals surface area contributed by atoms with Crippen molar-refractivity contribution in [2.45, 2.75) is 26.8 Å². The van der Waals surface area contributed by atoms with Gasteiger partial charge in [-0.05, 0) is 39.0 Å². The van der Waals surface area contributed by atoms with Gasteiger partial charge in [-0.25, -0.2) is 4.79 Å². The van der Waals surface area contributed by atoms with Gasteiger partial charge in [0.1, 0.15) is 18.2 Å². The van der Waals surface area contributed by atoms with E-state index in [0.29, 0.717) is 30.2 Å². The summed E-state index contributed by atoms with van der Waals surface area (Å²) in [4.78, 5) is 26.7. The lowest BCUT2D eigenvalue weighted by Crippen LogP contribution is -2.42. The molecule has 0 saturated heterocycles. The number of carbonyl (C=O) groups is 2. The normalized spacial score (nSPS) is 14.5. The first kappa shape index (κ1) is 17.0. The molecule has 1 aromatic heterocycles. The van der Waals surface area contributed by atoms with Gasteiger partial charge in [-0.1, -0.05) is 6.07 Å². The summed E-state index contributed by atoms with van der Waals surface area (Å²) in [5.74, 6) is -0.204. The molecule has 2 aromatic rings. The van der Waals surface area contributed by atoms with Gasteiger partial charge in [0.2, 0.25) is 0 Å². The van der Waals surface area contributed by atoms with Crippen molar-refractivity contribution in [2.24, 2.45) is 0 Å². The Bertz CT molecular complexity index is 828. The minimum atomic E-state index is -0.488. The van der Waals surface area contributed by atoms with Crippen LogP contribution in [0.4, 0.5) is 5.69 Å². The lowest BCUT2D eigenvalue weighted by molar-refractivity contribution is -0.121. The molecule has 2 heterocycles. The Morgan fingerprint density at radius 1 is 1.32 bits per heavy atom. The van der Waals surface area contributed by atoms with Crippen molar-refractivity contribution in [1.82, 2.24) is 9.78 Å². The number of para-hydroxylation sites is 1. The minimum Gasteiger partial charge on any atom is -0.489 e. The molecule has 0 saturated carbocycles. The smallest absolute Gasteiger partial charge is 0.341 e. The monoisotopic (exact) mass is 343 g/mol. The van der Waals surface area contributed by atoms with Crippen LogP contribution in [-0.2, 0) is 9.53 Å². The number of carbonyl (C=O) groups excluding carboxylic acids is 2. The molecule has 0 radical (unpaired) electrons. The van der Waals surface area contributed by atoms with E-state index in [1.54, 1.807) is 27.8 Å². The van der Waals surface area contributed by atoms with Crippen molar-refractivity contribution in [2.75, 3.05) is 25.2 Å². The van der Waals surface area contributed by atoms with Crippen molar-refractivity contribution in [3.8, 4) is 5.75 Å². The molecule has 1 amide bonds. The molecule has 3 rings (SSSR count). The van der Waals surface area contributed by atoms with E-state index in [1.807, 2.05) is 26.8 Å². The fraction of sp³-hybridized carbons (Fsp3) is 0.389. The maximum Gasteiger partial charge on any atom is 0.341 e. The van der Waals surface area contributed by atoms with Crippen LogP contribution >= 0.6 is 0 Å². The first-order valence-electron chi connectivity index (χ1n) is 8.12. The molecule has 0 spiro atoms. The van der Waals surface area contributed by atoms with Crippen LogP contribution in [-0.4, -0.2) is 41.9 Å². The molecule has 132 valence electrons. The summed E-state index contributed by atoms with van der Waals surface area (Å²) in [7, 11) is 1.32. The SMILES string of the molecule is COC(=O)c1cccc2c1OCCN2C(=O)[C@H](C)n1nc(C)cc1C. The Labute approximate surface area is 146 Å². The van der Waals surface area contributed by atoms with E-state index in [9.17, 15) is 9.59 Å².